The quantitative estimate of drug-likeness (QED) is 0.514. The summed E-state index contributed by atoms with van der Waals surface area (Å²) in [6, 6.07) is 12.2. The fourth-order valence-electron chi connectivity index (χ4n) is 3.63. The van der Waals surface area contributed by atoms with E-state index in [1.54, 1.807) is 10.8 Å². The lowest BCUT2D eigenvalue weighted by atomic mass is 10.2. The maximum Gasteiger partial charge on any atom is 0.254 e. The number of fused-ring (bicyclic) bond motifs is 1. The van der Waals surface area contributed by atoms with Crippen LogP contribution in [0.25, 0.3) is 5.78 Å². The second kappa shape index (κ2) is 7.59. The Morgan fingerprint density at radius 2 is 2.07 bits per heavy atom. The number of ether oxygens (including phenoxy) is 1. The zero-order valence-electron chi connectivity index (χ0n) is 16.2. The maximum atomic E-state index is 5.77. The van der Waals surface area contributed by atoms with Gasteiger partial charge in [0.1, 0.15) is 24.5 Å². The highest BCUT2D eigenvalue weighted by Crippen LogP contribution is 2.28. The van der Waals surface area contributed by atoms with Crippen molar-refractivity contribution >= 4 is 11.6 Å². The van der Waals surface area contributed by atoms with Crippen molar-refractivity contribution < 1.29 is 4.74 Å². The van der Waals surface area contributed by atoms with Crippen LogP contribution in [0.5, 0.6) is 0 Å². The van der Waals surface area contributed by atoms with Gasteiger partial charge in [-0.25, -0.2) is 14.6 Å². The molecule has 0 N–H and O–H groups in total. The van der Waals surface area contributed by atoms with Crippen LogP contribution in [0.15, 0.2) is 49.1 Å². The Hall–Kier alpha value is -3.33. The van der Waals surface area contributed by atoms with Gasteiger partial charge in [0.2, 0.25) is 0 Å². The zero-order chi connectivity index (χ0) is 19.6. The van der Waals surface area contributed by atoms with Crippen LogP contribution in [0.2, 0.25) is 0 Å². The number of nitrogens with zero attached hydrogens (tertiary/aromatic N) is 8. The molecule has 0 bridgehead atoms. The van der Waals surface area contributed by atoms with Crippen molar-refractivity contribution in [1.29, 1.82) is 0 Å². The minimum atomic E-state index is -0.0970. The third kappa shape index (κ3) is 3.44. The predicted molar refractivity (Wildman–Crippen MR) is 107 cm³/mol. The van der Waals surface area contributed by atoms with E-state index in [4.69, 9.17) is 9.84 Å². The van der Waals surface area contributed by atoms with Gasteiger partial charge in [-0.2, -0.15) is 19.7 Å². The van der Waals surface area contributed by atoms with E-state index in [1.807, 2.05) is 22.9 Å². The molecule has 29 heavy (non-hydrogen) atoms. The van der Waals surface area contributed by atoms with Crippen LogP contribution >= 0.6 is 0 Å². The van der Waals surface area contributed by atoms with Crippen molar-refractivity contribution in [3.05, 3.63) is 66.1 Å². The number of anilines is 1. The summed E-state index contributed by atoms with van der Waals surface area (Å²) in [5.74, 6) is 2.29. The molecule has 0 spiro atoms. The van der Waals surface area contributed by atoms with E-state index in [9.17, 15) is 0 Å². The maximum absolute atomic E-state index is 5.77. The second-order valence-electron chi connectivity index (χ2n) is 7.00. The first-order valence-corrected chi connectivity index (χ1v) is 9.79. The Labute approximate surface area is 168 Å². The predicted octanol–water partition coefficient (Wildman–Crippen LogP) is 1.90. The summed E-state index contributed by atoms with van der Waals surface area (Å²) in [7, 11) is 0. The molecule has 9 nitrogen and oxygen atoms in total. The van der Waals surface area contributed by atoms with Gasteiger partial charge in [-0.05, 0) is 12.0 Å². The van der Waals surface area contributed by atoms with Crippen LogP contribution in [0.4, 0.5) is 5.82 Å². The first kappa shape index (κ1) is 17.7. The van der Waals surface area contributed by atoms with Crippen molar-refractivity contribution in [3.63, 3.8) is 0 Å². The van der Waals surface area contributed by atoms with Crippen LogP contribution in [0, 0.1) is 0 Å². The standard InChI is InChI=1S/C20H22N8O/c1-2-16-10-18(28-20(24-16)21-13-23-28)27-8-9-29-12-17(27)19-22-14-26(25-19)11-15-6-4-3-5-7-15/h3-7,10,13-14,17H,2,8-9,11-12H2,1H3/t17-/m1/s1. The Morgan fingerprint density at radius 3 is 2.93 bits per heavy atom. The molecular formula is C20H22N8O. The van der Waals surface area contributed by atoms with Crippen LogP contribution < -0.4 is 4.90 Å². The molecule has 0 radical (unpaired) electrons. The molecule has 1 fully saturated rings. The van der Waals surface area contributed by atoms with Crippen molar-refractivity contribution in [2.75, 3.05) is 24.7 Å². The molecule has 5 rings (SSSR count). The third-order valence-corrected chi connectivity index (χ3v) is 5.11. The fourth-order valence-corrected chi connectivity index (χ4v) is 3.63. The van der Waals surface area contributed by atoms with E-state index in [1.165, 1.54) is 11.9 Å². The number of morpholine rings is 1. The molecule has 3 aromatic heterocycles. The summed E-state index contributed by atoms with van der Waals surface area (Å²) < 4.78 is 9.42. The molecule has 1 saturated heterocycles. The van der Waals surface area contributed by atoms with Crippen molar-refractivity contribution in [3.8, 4) is 0 Å². The molecule has 9 heteroatoms. The van der Waals surface area contributed by atoms with E-state index in [0.29, 0.717) is 25.5 Å². The average Bonchev–Trinajstić information content (AvgIpc) is 3.43. The zero-order valence-corrected chi connectivity index (χ0v) is 16.2. The normalized spacial score (nSPS) is 17.1. The van der Waals surface area contributed by atoms with Gasteiger partial charge in [-0.15, -0.1) is 0 Å². The van der Waals surface area contributed by atoms with E-state index >= 15 is 0 Å². The summed E-state index contributed by atoms with van der Waals surface area (Å²) >= 11 is 0. The third-order valence-electron chi connectivity index (χ3n) is 5.11. The SMILES string of the molecule is CCc1cc(N2CCOC[C@@H]2c2ncn(Cc3ccccc3)n2)n2ncnc2n1. The molecule has 4 aromatic rings. The van der Waals surface area contributed by atoms with Crippen molar-refractivity contribution in [2.45, 2.75) is 25.9 Å². The number of aryl methyl sites for hydroxylation is 1. The smallest absolute Gasteiger partial charge is 0.254 e. The van der Waals surface area contributed by atoms with E-state index in [2.05, 4.69) is 50.1 Å². The van der Waals surface area contributed by atoms with Gasteiger partial charge >= 0.3 is 0 Å². The molecule has 0 amide bonds. The van der Waals surface area contributed by atoms with Crippen molar-refractivity contribution in [1.82, 2.24) is 34.3 Å². The van der Waals surface area contributed by atoms with Gasteiger partial charge in [0.15, 0.2) is 5.82 Å². The average molecular weight is 390 g/mol. The molecule has 0 aliphatic carbocycles. The Morgan fingerprint density at radius 1 is 1.17 bits per heavy atom. The molecule has 1 aromatic carbocycles. The largest absolute Gasteiger partial charge is 0.377 e. The Kier molecular flexibility index (Phi) is 4.65. The highest BCUT2D eigenvalue weighted by atomic mass is 16.5. The van der Waals surface area contributed by atoms with Gasteiger partial charge in [-0.3, -0.25) is 0 Å². The Balaban J connectivity index is 1.48. The number of hydrogen-bond acceptors (Lipinski definition) is 7. The van der Waals surface area contributed by atoms with Gasteiger partial charge in [0, 0.05) is 18.3 Å². The van der Waals surface area contributed by atoms with Gasteiger partial charge in [0.25, 0.3) is 5.78 Å². The van der Waals surface area contributed by atoms with Gasteiger partial charge in [0.05, 0.1) is 19.8 Å². The number of rotatable bonds is 5. The topological polar surface area (TPSA) is 86.3 Å². The summed E-state index contributed by atoms with van der Waals surface area (Å²) in [6.07, 6.45) is 4.15. The highest BCUT2D eigenvalue weighted by molar-refractivity contribution is 5.49. The second-order valence-corrected chi connectivity index (χ2v) is 7.00. The van der Waals surface area contributed by atoms with Crippen LogP contribution in [-0.2, 0) is 17.7 Å². The number of benzene rings is 1. The van der Waals surface area contributed by atoms with Crippen LogP contribution in [0.1, 0.15) is 30.0 Å². The van der Waals surface area contributed by atoms with Crippen LogP contribution in [-0.4, -0.2) is 54.1 Å². The van der Waals surface area contributed by atoms with Gasteiger partial charge < -0.3 is 9.64 Å². The minimum Gasteiger partial charge on any atom is -0.377 e. The summed E-state index contributed by atoms with van der Waals surface area (Å²) in [4.78, 5) is 15.7. The number of hydrogen-bond donors (Lipinski definition) is 0. The molecule has 0 saturated carbocycles. The molecule has 4 heterocycles. The van der Waals surface area contributed by atoms with E-state index in [0.717, 1.165) is 30.3 Å². The summed E-state index contributed by atoms with van der Waals surface area (Å²) in [6.45, 7) is 4.66. The minimum absolute atomic E-state index is 0.0970. The molecule has 148 valence electrons. The molecule has 0 unspecified atom stereocenters. The lowest BCUT2D eigenvalue weighted by Crippen LogP contribution is -2.41. The molecular weight excluding hydrogens is 368 g/mol. The summed E-state index contributed by atoms with van der Waals surface area (Å²) in [5.41, 5.74) is 2.17. The first-order valence-electron chi connectivity index (χ1n) is 9.79. The lowest BCUT2D eigenvalue weighted by molar-refractivity contribution is 0.0910. The first-order chi connectivity index (χ1) is 14.3. The van der Waals surface area contributed by atoms with Crippen molar-refractivity contribution in [2.24, 2.45) is 0 Å². The van der Waals surface area contributed by atoms with Crippen LogP contribution in [0.3, 0.4) is 0 Å². The Bertz CT molecular complexity index is 1110. The molecule has 1 atom stereocenters. The van der Waals surface area contributed by atoms with Gasteiger partial charge in [-0.1, -0.05) is 37.3 Å². The molecule has 1 aliphatic heterocycles. The highest BCUT2D eigenvalue weighted by Gasteiger charge is 2.30. The van der Waals surface area contributed by atoms with E-state index < -0.39 is 0 Å². The monoisotopic (exact) mass is 390 g/mol. The summed E-state index contributed by atoms with van der Waals surface area (Å²) in [5, 5.41) is 9.11. The number of aromatic nitrogens is 7. The molecule has 1 aliphatic rings. The lowest BCUT2D eigenvalue weighted by Gasteiger charge is -2.35. The van der Waals surface area contributed by atoms with E-state index in [-0.39, 0.29) is 6.04 Å². The fraction of sp³-hybridized carbons (Fsp3) is 0.350.